The van der Waals surface area contributed by atoms with Gasteiger partial charge >= 0.3 is 5.76 Å². The van der Waals surface area contributed by atoms with Gasteiger partial charge in [-0.25, -0.2) is 8.42 Å². The van der Waals surface area contributed by atoms with Crippen LogP contribution in [0.3, 0.4) is 0 Å². The smallest absolute Gasteiger partial charge is 0.339 e. The second-order valence-corrected chi connectivity index (χ2v) is 7.74. The topological polar surface area (TPSA) is 80.5 Å². The van der Waals surface area contributed by atoms with Crippen LogP contribution in [0.15, 0.2) is 29.2 Å². The molecule has 1 fully saturated rings. The number of nitrogens with zero attached hydrogens (tertiary/aromatic N) is 1. The Kier molecular flexibility index (Phi) is 7.12. The van der Waals surface area contributed by atoms with Crippen LogP contribution in [0.25, 0.3) is 0 Å². The first-order valence-electron chi connectivity index (χ1n) is 7.40. The predicted molar refractivity (Wildman–Crippen MR) is 89.2 cm³/mol. The molecule has 1 aromatic rings. The summed E-state index contributed by atoms with van der Waals surface area (Å²) in [5, 5.41) is 0. The van der Waals surface area contributed by atoms with Crippen molar-refractivity contribution >= 4 is 28.2 Å². The third kappa shape index (κ3) is 4.43. The maximum Gasteiger partial charge on any atom is 0.341 e. The van der Waals surface area contributed by atoms with E-state index >= 15 is 0 Å². The molecule has 0 radical (unpaired) electrons. The fourth-order valence-electron chi connectivity index (χ4n) is 2.70. The van der Waals surface area contributed by atoms with Gasteiger partial charge < -0.3 is 10.6 Å². The zero-order valence-corrected chi connectivity index (χ0v) is 14.8. The highest BCUT2D eigenvalue weighted by Crippen LogP contribution is 2.22. The van der Waals surface area contributed by atoms with Gasteiger partial charge in [0.25, 0.3) is 5.91 Å². The molecule has 0 spiro atoms. The number of alkyl halides is 2. The second kappa shape index (κ2) is 8.22. The first-order valence-corrected chi connectivity index (χ1v) is 8.95. The minimum Gasteiger partial charge on any atom is -0.339 e. The molecule has 0 bridgehead atoms. The highest BCUT2D eigenvalue weighted by Gasteiger charge is 2.28. The second-order valence-electron chi connectivity index (χ2n) is 5.82. The normalized spacial score (nSPS) is 17.5. The van der Waals surface area contributed by atoms with Crippen molar-refractivity contribution in [2.24, 2.45) is 11.7 Å². The van der Waals surface area contributed by atoms with Gasteiger partial charge in [-0.3, -0.25) is 4.79 Å². The van der Waals surface area contributed by atoms with Gasteiger partial charge in [0.2, 0.25) is 9.84 Å². The van der Waals surface area contributed by atoms with E-state index in [1.54, 1.807) is 4.90 Å². The van der Waals surface area contributed by atoms with Crippen LogP contribution in [0.4, 0.5) is 8.78 Å². The molecule has 2 N–H and O–H groups in total. The summed E-state index contributed by atoms with van der Waals surface area (Å²) in [4.78, 5) is 13.6. The fraction of sp³-hybridized carbons (Fsp3) is 0.533. The summed E-state index contributed by atoms with van der Waals surface area (Å²) in [6.45, 7) is 3.12. The van der Waals surface area contributed by atoms with Crippen molar-refractivity contribution in [3.8, 4) is 0 Å². The Labute approximate surface area is 146 Å². The third-order valence-corrected chi connectivity index (χ3v) is 5.63. The van der Waals surface area contributed by atoms with E-state index in [1.807, 2.05) is 6.92 Å². The molecule has 1 amide bonds. The Hall–Kier alpha value is -1.25. The zero-order valence-electron chi connectivity index (χ0n) is 13.2. The minimum atomic E-state index is -4.63. The van der Waals surface area contributed by atoms with Crippen molar-refractivity contribution in [1.29, 1.82) is 0 Å². The number of benzene rings is 1. The van der Waals surface area contributed by atoms with E-state index in [9.17, 15) is 22.0 Å². The number of halogens is 3. The molecule has 5 nitrogen and oxygen atoms in total. The van der Waals surface area contributed by atoms with E-state index in [0.29, 0.717) is 19.0 Å². The van der Waals surface area contributed by atoms with Crippen LogP contribution in [0.5, 0.6) is 0 Å². The van der Waals surface area contributed by atoms with E-state index in [0.717, 1.165) is 25.0 Å². The molecule has 1 unspecified atom stereocenters. The van der Waals surface area contributed by atoms with Crippen molar-refractivity contribution in [1.82, 2.24) is 4.90 Å². The average Bonchev–Trinajstić information content (AvgIpc) is 2.54. The Morgan fingerprint density at radius 2 is 1.71 bits per heavy atom. The molecule has 2 rings (SSSR count). The van der Waals surface area contributed by atoms with Crippen LogP contribution in [-0.2, 0) is 9.84 Å². The van der Waals surface area contributed by atoms with Crippen LogP contribution in [0.2, 0.25) is 0 Å². The van der Waals surface area contributed by atoms with Crippen LogP contribution in [0, 0.1) is 5.92 Å². The quantitative estimate of drug-likeness (QED) is 0.866. The van der Waals surface area contributed by atoms with Crippen LogP contribution in [-0.4, -0.2) is 44.1 Å². The lowest BCUT2D eigenvalue weighted by molar-refractivity contribution is 0.0681. The lowest BCUT2D eigenvalue weighted by Crippen LogP contribution is -2.42. The van der Waals surface area contributed by atoms with Gasteiger partial charge in [0.05, 0.1) is 4.90 Å². The monoisotopic (exact) mass is 382 g/mol. The highest BCUT2D eigenvalue weighted by atomic mass is 35.5. The lowest BCUT2D eigenvalue weighted by atomic mass is 9.90. The number of likely N-dealkylation sites (tertiary alicyclic amines) is 1. The molecular formula is C15H21ClF2N2O3S. The number of carbonyl (C=O) groups excluding carboxylic acids is 1. The lowest BCUT2D eigenvalue weighted by Gasteiger charge is -2.33. The van der Waals surface area contributed by atoms with Crippen molar-refractivity contribution in [3.05, 3.63) is 29.8 Å². The largest absolute Gasteiger partial charge is 0.341 e. The Balaban J connectivity index is 0.00000288. The molecule has 1 aliphatic rings. The highest BCUT2D eigenvalue weighted by molar-refractivity contribution is 7.91. The fourth-order valence-corrected chi connectivity index (χ4v) is 3.42. The summed E-state index contributed by atoms with van der Waals surface area (Å²) in [7, 11) is -4.63. The first kappa shape index (κ1) is 20.8. The number of nitrogens with two attached hydrogens (primary N) is 1. The number of rotatable bonds is 4. The van der Waals surface area contributed by atoms with E-state index in [2.05, 4.69) is 0 Å². The van der Waals surface area contributed by atoms with Gasteiger partial charge in [-0.05, 0) is 49.9 Å². The third-order valence-electron chi connectivity index (χ3n) is 4.23. The van der Waals surface area contributed by atoms with Gasteiger partial charge in [0.15, 0.2) is 0 Å². The molecule has 1 atom stereocenters. The van der Waals surface area contributed by atoms with Crippen molar-refractivity contribution in [2.75, 3.05) is 13.1 Å². The van der Waals surface area contributed by atoms with E-state index in [-0.39, 0.29) is 29.9 Å². The summed E-state index contributed by atoms with van der Waals surface area (Å²) in [5.74, 6) is -3.31. The van der Waals surface area contributed by atoms with E-state index in [4.69, 9.17) is 5.73 Å². The van der Waals surface area contributed by atoms with Gasteiger partial charge in [-0.2, -0.15) is 8.78 Å². The summed E-state index contributed by atoms with van der Waals surface area (Å²) >= 11 is 0. The molecule has 0 saturated carbocycles. The summed E-state index contributed by atoms with van der Waals surface area (Å²) in [6, 6.07) is 4.73. The molecular weight excluding hydrogens is 362 g/mol. The number of piperidine rings is 1. The summed E-state index contributed by atoms with van der Waals surface area (Å²) < 4.78 is 47.7. The minimum absolute atomic E-state index is 0. The van der Waals surface area contributed by atoms with Crippen molar-refractivity contribution in [2.45, 2.75) is 36.5 Å². The van der Waals surface area contributed by atoms with Crippen molar-refractivity contribution in [3.63, 3.8) is 0 Å². The first-order chi connectivity index (χ1) is 10.7. The number of carbonyl (C=O) groups is 1. The Bertz CT molecular complexity index is 658. The molecule has 136 valence electrons. The number of hydrogen-bond acceptors (Lipinski definition) is 4. The molecule has 1 aliphatic heterocycles. The number of sulfone groups is 1. The van der Waals surface area contributed by atoms with E-state index in [1.165, 1.54) is 12.1 Å². The average molecular weight is 383 g/mol. The SMILES string of the molecule is CC(N)C1CCN(C(=O)c2ccc(S(=O)(=O)C(F)F)cc2)CC1.Cl. The van der Waals surface area contributed by atoms with Gasteiger partial charge in [0, 0.05) is 24.7 Å². The maximum absolute atomic E-state index is 12.5. The van der Waals surface area contributed by atoms with E-state index < -0.39 is 20.5 Å². The van der Waals surface area contributed by atoms with Gasteiger partial charge in [-0.1, -0.05) is 0 Å². The Morgan fingerprint density at radius 1 is 1.21 bits per heavy atom. The standard InChI is InChI=1S/C15H20F2N2O3S.ClH/c1-10(18)11-6-8-19(9-7-11)14(20)12-2-4-13(5-3-12)23(21,22)15(16)17;/h2-5,10-11,15H,6-9,18H2,1H3;1H. The number of amides is 1. The summed E-state index contributed by atoms with van der Waals surface area (Å²) in [6.07, 6.45) is 1.64. The maximum atomic E-state index is 12.5. The molecule has 0 aliphatic carbocycles. The van der Waals surface area contributed by atoms with Crippen LogP contribution < -0.4 is 5.73 Å². The van der Waals surface area contributed by atoms with Gasteiger partial charge in [0.1, 0.15) is 0 Å². The Morgan fingerprint density at radius 3 is 2.12 bits per heavy atom. The van der Waals surface area contributed by atoms with Gasteiger partial charge in [-0.15, -0.1) is 12.4 Å². The predicted octanol–water partition coefficient (Wildman–Crippen LogP) is 2.30. The molecule has 9 heteroatoms. The molecule has 24 heavy (non-hydrogen) atoms. The molecule has 0 aromatic heterocycles. The van der Waals surface area contributed by atoms with Crippen LogP contribution in [0.1, 0.15) is 30.1 Å². The summed E-state index contributed by atoms with van der Waals surface area (Å²) in [5.41, 5.74) is 6.15. The molecule has 1 saturated heterocycles. The zero-order chi connectivity index (χ0) is 17.2. The molecule has 1 aromatic carbocycles. The van der Waals surface area contributed by atoms with Crippen molar-refractivity contribution < 1.29 is 22.0 Å². The molecule has 1 heterocycles. The van der Waals surface area contributed by atoms with Crippen LogP contribution >= 0.6 is 12.4 Å². The number of hydrogen-bond donors (Lipinski definition) is 1.